The van der Waals surface area contributed by atoms with Crippen LogP contribution in [0.15, 0.2) is 46.9 Å². The Hall–Kier alpha value is -1.35. The van der Waals surface area contributed by atoms with Gasteiger partial charge in [-0.2, -0.15) is 0 Å². The zero-order valence-electron chi connectivity index (χ0n) is 10.8. The minimum absolute atomic E-state index is 0.878. The molecular formula is C16H17BrN2. The Morgan fingerprint density at radius 2 is 1.74 bits per heavy atom. The number of pyridine rings is 1. The third-order valence-corrected chi connectivity index (χ3v) is 4.27. The molecule has 1 aromatic heterocycles. The fourth-order valence-corrected chi connectivity index (χ4v) is 2.87. The molecule has 1 saturated heterocycles. The van der Waals surface area contributed by atoms with Crippen LogP contribution in [0.25, 0.3) is 0 Å². The van der Waals surface area contributed by atoms with Crippen molar-refractivity contribution in [1.82, 2.24) is 4.98 Å². The number of hydrogen-bond acceptors (Lipinski definition) is 2. The first-order chi connectivity index (χ1) is 9.33. The first kappa shape index (κ1) is 12.7. The number of rotatable bonds is 3. The Labute approximate surface area is 122 Å². The van der Waals surface area contributed by atoms with Crippen LogP contribution in [0.2, 0.25) is 0 Å². The van der Waals surface area contributed by atoms with Gasteiger partial charge in [-0.25, -0.2) is 4.98 Å². The van der Waals surface area contributed by atoms with Crippen LogP contribution >= 0.6 is 15.9 Å². The van der Waals surface area contributed by atoms with Crippen LogP contribution in [-0.2, 0) is 6.42 Å². The van der Waals surface area contributed by atoms with Crippen molar-refractivity contribution in [3.8, 4) is 0 Å². The lowest BCUT2D eigenvalue weighted by atomic mass is 10.1. The number of anilines is 1. The second-order valence-electron chi connectivity index (χ2n) is 4.95. The molecule has 2 nitrogen and oxygen atoms in total. The van der Waals surface area contributed by atoms with Crippen LogP contribution in [0.4, 0.5) is 5.82 Å². The van der Waals surface area contributed by atoms with Crippen molar-refractivity contribution < 1.29 is 0 Å². The van der Waals surface area contributed by atoms with Gasteiger partial charge >= 0.3 is 0 Å². The van der Waals surface area contributed by atoms with E-state index in [1.807, 2.05) is 6.07 Å². The predicted octanol–water partition coefficient (Wildman–Crippen LogP) is 4.04. The quantitative estimate of drug-likeness (QED) is 0.849. The Morgan fingerprint density at radius 1 is 1.00 bits per heavy atom. The molecule has 1 aliphatic rings. The minimum atomic E-state index is 0.878. The molecule has 1 aromatic carbocycles. The number of benzene rings is 1. The van der Waals surface area contributed by atoms with Crippen LogP contribution in [0.3, 0.4) is 0 Å². The maximum atomic E-state index is 4.83. The largest absolute Gasteiger partial charge is 0.357 e. The van der Waals surface area contributed by atoms with Crippen molar-refractivity contribution in [2.75, 3.05) is 18.0 Å². The Kier molecular flexibility index (Phi) is 3.83. The van der Waals surface area contributed by atoms with Crippen LogP contribution in [0.5, 0.6) is 0 Å². The molecule has 0 atom stereocenters. The van der Waals surface area contributed by atoms with E-state index >= 15 is 0 Å². The minimum Gasteiger partial charge on any atom is -0.357 e. The van der Waals surface area contributed by atoms with Crippen molar-refractivity contribution in [3.05, 3.63) is 58.2 Å². The maximum absolute atomic E-state index is 4.83. The molecule has 0 unspecified atom stereocenters. The molecule has 3 rings (SSSR count). The first-order valence-electron chi connectivity index (χ1n) is 6.77. The molecule has 1 fully saturated rings. The molecule has 98 valence electrons. The summed E-state index contributed by atoms with van der Waals surface area (Å²) in [6.07, 6.45) is 3.45. The van der Waals surface area contributed by atoms with Gasteiger partial charge in [-0.05, 0) is 46.5 Å². The van der Waals surface area contributed by atoms with Gasteiger partial charge in [-0.15, -0.1) is 0 Å². The second kappa shape index (κ2) is 5.74. The lowest BCUT2D eigenvalue weighted by molar-refractivity contribution is 0.917. The Morgan fingerprint density at radius 3 is 2.47 bits per heavy atom. The van der Waals surface area contributed by atoms with E-state index in [-0.39, 0.29) is 0 Å². The summed E-state index contributed by atoms with van der Waals surface area (Å²) in [5.74, 6) is 1.12. The lowest BCUT2D eigenvalue weighted by Gasteiger charge is -2.17. The predicted molar refractivity (Wildman–Crippen MR) is 82.6 cm³/mol. The van der Waals surface area contributed by atoms with Gasteiger partial charge in [0.15, 0.2) is 0 Å². The summed E-state index contributed by atoms with van der Waals surface area (Å²) in [4.78, 5) is 7.20. The van der Waals surface area contributed by atoms with Gasteiger partial charge in [-0.1, -0.05) is 30.3 Å². The van der Waals surface area contributed by atoms with Gasteiger partial charge in [0.05, 0.1) is 5.69 Å². The van der Waals surface area contributed by atoms with E-state index < -0.39 is 0 Å². The fourth-order valence-electron chi connectivity index (χ4n) is 2.51. The van der Waals surface area contributed by atoms with Crippen molar-refractivity contribution in [1.29, 1.82) is 0 Å². The van der Waals surface area contributed by atoms with Gasteiger partial charge in [-0.3, -0.25) is 0 Å². The van der Waals surface area contributed by atoms with Crippen LogP contribution < -0.4 is 4.90 Å². The molecule has 0 radical (unpaired) electrons. The van der Waals surface area contributed by atoms with Crippen LogP contribution in [0.1, 0.15) is 24.1 Å². The van der Waals surface area contributed by atoms with E-state index in [1.165, 1.54) is 18.4 Å². The zero-order chi connectivity index (χ0) is 13.1. The molecule has 0 N–H and O–H groups in total. The fraction of sp³-hybridized carbons (Fsp3) is 0.312. The third kappa shape index (κ3) is 2.98. The van der Waals surface area contributed by atoms with Gasteiger partial charge in [0, 0.05) is 24.0 Å². The van der Waals surface area contributed by atoms with E-state index in [9.17, 15) is 0 Å². The highest BCUT2D eigenvalue weighted by Crippen LogP contribution is 2.24. The summed E-state index contributed by atoms with van der Waals surface area (Å²) in [5.41, 5.74) is 2.42. The zero-order valence-corrected chi connectivity index (χ0v) is 12.4. The number of halogens is 1. The average molecular weight is 317 g/mol. The van der Waals surface area contributed by atoms with E-state index in [1.54, 1.807) is 0 Å². The molecule has 2 heterocycles. The molecule has 2 aromatic rings. The lowest BCUT2D eigenvalue weighted by Crippen LogP contribution is -2.19. The van der Waals surface area contributed by atoms with Crippen LogP contribution in [0, 0.1) is 0 Å². The van der Waals surface area contributed by atoms with E-state index in [4.69, 9.17) is 4.98 Å². The number of nitrogens with zero attached hydrogens (tertiary/aromatic N) is 2. The smallest absolute Gasteiger partial charge is 0.128 e. The highest BCUT2D eigenvalue weighted by atomic mass is 79.9. The summed E-state index contributed by atoms with van der Waals surface area (Å²) >= 11 is 3.62. The molecule has 0 spiro atoms. The standard InChI is InChI=1S/C16H17BrN2/c17-14-8-9-16(19-10-4-5-11-19)18-15(14)12-13-6-2-1-3-7-13/h1-3,6-9H,4-5,10-12H2. The SMILES string of the molecule is Brc1ccc(N2CCCC2)nc1Cc1ccccc1. The van der Waals surface area contributed by atoms with E-state index in [0.717, 1.165) is 35.5 Å². The van der Waals surface area contributed by atoms with Crippen molar-refractivity contribution in [3.63, 3.8) is 0 Å². The van der Waals surface area contributed by atoms with Crippen molar-refractivity contribution in [2.45, 2.75) is 19.3 Å². The maximum Gasteiger partial charge on any atom is 0.128 e. The van der Waals surface area contributed by atoms with Gasteiger partial charge in [0.1, 0.15) is 5.82 Å². The van der Waals surface area contributed by atoms with Crippen molar-refractivity contribution in [2.24, 2.45) is 0 Å². The molecule has 19 heavy (non-hydrogen) atoms. The molecule has 0 aliphatic carbocycles. The molecule has 0 bridgehead atoms. The van der Waals surface area contributed by atoms with Crippen molar-refractivity contribution >= 4 is 21.7 Å². The van der Waals surface area contributed by atoms with E-state index in [0.29, 0.717) is 0 Å². The Balaban J connectivity index is 1.85. The first-order valence-corrected chi connectivity index (χ1v) is 7.56. The highest BCUT2D eigenvalue weighted by Gasteiger charge is 2.14. The van der Waals surface area contributed by atoms with E-state index in [2.05, 4.69) is 57.2 Å². The summed E-state index contributed by atoms with van der Waals surface area (Å²) < 4.78 is 1.10. The molecule has 3 heteroatoms. The average Bonchev–Trinajstić information content (AvgIpc) is 2.96. The number of hydrogen-bond donors (Lipinski definition) is 0. The second-order valence-corrected chi connectivity index (χ2v) is 5.81. The molecule has 1 aliphatic heterocycles. The monoisotopic (exact) mass is 316 g/mol. The summed E-state index contributed by atoms with van der Waals surface area (Å²) in [7, 11) is 0. The molecule has 0 saturated carbocycles. The normalized spacial score (nSPS) is 14.9. The summed E-state index contributed by atoms with van der Waals surface area (Å²) in [6.45, 7) is 2.28. The summed E-state index contributed by atoms with van der Waals surface area (Å²) in [5, 5.41) is 0. The molecule has 0 amide bonds. The topological polar surface area (TPSA) is 16.1 Å². The Bertz CT molecular complexity index is 548. The van der Waals surface area contributed by atoms with Gasteiger partial charge in [0.2, 0.25) is 0 Å². The molecular weight excluding hydrogens is 300 g/mol. The van der Waals surface area contributed by atoms with Gasteiger partial charge in [0.25, 0.3) is 0 Å². The summed E-state index contributed by atoms with van der Waals surface area (Å²) in [6, 6.07) is 14.7. The third-order valence-electron chi connectivity index (χ3n) is 3.55. The van der Waals surface area contributed by atoms with Gasteiger partial charge < -0.3 is 4.90 Å². The highest BCUT2D eigenvalue weighted by molar-refractivity contribution is 9.10. The van der Waals surface area contributed by atoms with Crippen LogP contribution in [-0.4, -0.2) is 18.1 Å². The number of aromatic nitrogens is 1.